The molecule has 0 bridgehead atoms. The number of amides is 1. The van der Waals surface area contributed by atoms with Crippen molar-refractivity contribution in [1.82, 2.24) is 9.71 Å². The van der Waals surface area contributed by atoms with Crippen LogP contribution in [0.3, 0.4) is 0 Å². The van der Waals surface area contributed by atoms with E-state index in [1.165, 1.54) is 18.2 Å². The molecule has 0 radical (unpaired) electrons. The quantitative estimate of drug-likeness (QED) is 0.773. The van der Waals surface area contributed by atoms with Gasteiger partial charge >= 0.3 is 0 Å². The number of pyridine rings is 1. The number of benzene rings is 1. The first-order valence-electron chi connectivity index (χ1n) is 6.69. The number of aromatic nitrogens is 1. The van der Waals surface area contributed by atoms with Gasteiger partial charge in [-0.15, -0.1) is 0 Å². The molecule has 1 aliphatic rings. The van der Waals surface area contributed by atoms with E-state index in [4.69, 9.17) is 0 Å². The average molecular weight is 331 g/mol. The SMILES string of the molecule is Cc1cccc(NC(=O)C2=C(O)c3ccccc3S(=O)(=O)N2)n1. The Kier molecular flexibility index (Phi) is 3.53. The standard InChI is InChI=1S/C15H13N3O4S/c1-9-5-4-8-12(16-9)17-15(20)13-14(19)10-6-2-3-7-11(10)23(21,22)18-13/h2-8,18-19H,1H3,(H,16,17,20). The summed E-state index contributed by atoms with van der Waals surface area (Å²) >= 11 is 0. The minimum Gasteiger partial charge on any atom is -0.505 e. The molecule has 1 aromatic carbocycles. The first-order valence-corrected chi connectivity index (χ1v) is 8.17. The van der Waals surface area contributed by atoms with Crippen LogP contribution in [0.25, 0.3) is 5.76 Å². The van der Waals surface area contributed by atoms with Crippen LogP contribution < -0.4 is 10.0 Å². The highest BCUT2D eigenvalue weighted by Gasteiger charge is 2.32. The largest absolute Gasteiger partial charge is 0.505 e. The molecule has 1 aliphatic heterocycles. The number of rotatable bonds is 2. The number of nitrogens with zero attached hydrogens (tertiary/aromatic N) is 1. The molecule has 118 valence electrons. The summed E-state index contributed by atoms with van der Waals surface area (Å²) in [6.07, 6.45) is 0. The molecule has 7 nitrogen and oxygen atoms in total. The fraction of sp³-hybridized carbons (Fsp3) is 0.0667. The van der Waals surface area contributed by atoms with E-state index in [0.29, 0.717) is 5.69 Å². The summed E-state index contributed by atoms with van der Waals surface area (Å²) in [6.45, 7) is 1.76. The van der Waals surface area contributed by atoms with Crippen molar-refractivity contribution < 1.29 is 18.3 Å². The predicted molar refractivity (Wildman–Crippen MR) is 83.9 cm³/mol. The summed E-state index contributed by atoms with van der Waals surface area (Å²) in [6, 6.07) is 10.9. The molecule has 1 amide bonds. The van der Waals surface area contributed by atoms with Gasteiger partial charge in [0.05, 0.1) is 4.90 Å². The minimum atomic E-state index is -3.92. The van der Waals surface area contributed by atoms with Crippen LogP contribution in [0.2, 0.25) is 0 Å². The van der Waals surface area contributed by atoms with Crippen LogP contribution in [0, 0.1) is 6.92 Å². The average Bonchev–Trinajstić information content (AvgIpc) is 2.51. The highest BCUT2D eigenvalue weighted by molar-refractivity contribution is 7.89. The summed E-state index contributed by atoms with van der Waals surface area (Å²) in [5.74, 6) is -0.965. The lowest BCUT2D eigenvalue weighted by molar-refractivity contribution is -0.113. The first kappa shape index (κ1) is 15.0. The summed E-state index contributed by atoms with van der Waals surface area (Å²) in [5.41, 5.74) is 0.330. The number of sulfonamides is 1. The van der Waals surface area contributed by atoms with Gasteiger partial charge in [0, 0.05) is 11.3 Å². The van der Waals surface area contributed by atoms with Crippen molar-refractivity contribution in [3.05, 3.63) is 59.4 Å². The van der Waals surface area contributed by atoms with Crippen LogP contribution in [0.1, 0.15) is 11.3 Å². The summed E-state index contributed by atoms with van der Waals surface area (Å²) in [4.78, 5) is 16.3. The second-order valence-electron chi connectivity index (χ2n) is 4.94. The van der Waals surface area contributed by atoms with Gasteiger partial charge in [0.1, 0.15) is 5.82 Å². The lowest BCUT2D eigenvalue weighted by atomic mass is 10.1. The zero-order valence-corrected chi connectivity index (χ0v) is 12.9. The van der Waals surface area contributed by atoms with Gasteiger partial charge in [0.15, 0.2) is 11.5 Å². The Morgan fingerprint density at radius 3 is 2.65 bits per heavy atom. The second kappa shape index (κ2) is 5.40. The van der Waals surface area contributed by atoms with Crippen LogP contribution in [-0.2, 0) is 14.8 Å². The lowest BCUT2D eigenvalue weighted by Gasteiger charge is -2.20. The number of aliphatic hydroxyl groups excluding tert-OH is 1. The van der Waals surface area contributed by atoms with E-state index in [-0.39, 0.29) is 16.3 Å². The molecule has 0 atom stereocenters. The maximum Gasteiger partial charge on any atom is 0.277 e. The zero-order chi connectivity index (χ0) is 16.6. The van der Waals surface area contributed by atoms with Crippen LogP contribution in [-0.4, -0.2) is 24.4 Å². The number of hydrogen-bond acceptors (Lipinski definition) is 5. The Morgan fingerprint density at radius 1 is 1.17 bits per heavy atom. The fourth-order valence-electron chi connectivity index (χ4n) is 2.21. The van der Waals surface area contributed by atoms with E-state index in [1.54, 1.807) is 31.2 Å². The molecular formula is C15H13N3O4S. The number of carbonyl (C=O) groups excluding carboxylic acids is 1. The van der Waals surface area contributed by atoms with Crippen molar-refractivity contribution in [1.29, 1.82) is 0 Å². The van der Waals surface area contributed by atoms with Crippen molar-refractivity contribution in [2.75, 3.05) is 5.32 Å². The number of aliphatic hydroxyl groups is 1. The van der Waals surface area contributed by atoms with Gasteiger partial charge in [-0.3, -0.25) is 9.52 Å². The summed E-state index contributed by atoms with van der Waals surface area (Å²) in [7, 11) is -3.92. The van der Waals surface area contributed by atoms with E-state index in [9.17, 15) is 18.3 Å². The molecule has 8 heteroatoms. The zero-order valence-electron chi connectivity index (χ0n) is 12.1. The Hall–Kier alpha value is -2.87. The molecule has 3 rings (SSSR count). The minimum absolute atomic E-state index is 0.0774. The molecule has 0 fully saturated rings. The molecule has 0 saturated heterocycles. The number of carbonyl (C=O) groups is 1. The molecule has 0 unspecified atom stereocenters. The van der Waals surface area contributed by atoms with Gasteiger partial charge in [0.2, 0.25) is 0 Å². The maximum atomic E-state index is 12.3. The fourth-order valence-corrected chi connectivity index (χ4v) is 3.49. The first-order chi connectivity index (χ1) is 10.9. The Balaban J connectivity index is 2.01. The highest BCUT2D eigenvalue weighted by Crippen LogP contribution is 2.29. The number of anilines is 1. The van der Waals surface area contributed by atoms with Crippen molar-refractivity contribution in [2.45, 2.75) is 11.8 Å². The highest BCUT2D eigenvalue weighted by atomic mass is 32.2. The van der Waals surface area contributed by atoms with Crippen LogP contribution in [0.4, 0.5) is 5.82 Å². The number of aryl methyl sites for hydroxylation is 1. The molecule has 3 N–H and O–H groups in total. The summed E-state index contributed by atoms with van der Waals surface area (Å²) < 4.78 is 26.5. The van der Waals surface area contributed by atoms with Crippen LogP contribution in [0.15, 0.2) is 53.1 Å². The van der Waals surface area contributed by atoms with Crippen LogP contribution in [0.5, 0.6) is 0 Å². The molecule has 2 heterocycles. The van der Waals surface area contributed by atoms with E-state index < -0.39 is 27.4 Å². The third-order valence-electron chi connectivity index (χ3n) is 3.26. The van der Waals surface area contributed by atoms with Crippen molar-refractivity contribution in [2.24, 2.45) is 0 Å². The number of nitrogens with one attached hydrogen (secondary N) is 2. The van der Waals surface area contributed by atoms with E-state index in [1.807, 2.05) is 0 Å². The van der Waals surface area contributed by atoms with Crippen LogP contribution >= 0.6 is 0 Å². The molecule has 23 heavy (non-hydrogen) atoms. The molecule has 0 saturated carbocycles. The van der Waals surface area contributed by atoms with E-state index >= 15 is 0 Å². The predicted octanol–water partition coefficient (Wildman–Crippen LogP) is 1.55. The van der Waals surface area contributed by atoms with Gasteiger partial charge in [-0.1, -0.05) is 18.2 Å². The van der Waals surface area contributed by atoms with E-state index in [0.717, 1.165) is 0 Å². The van der Waals surface area contributed by atoms with Gasteiger partial charge in [-0.05, 0) is 31.2 Å². The van der Waals surface area contributed by atoms with Gasteiger partial charge in [-0.2, -0.15) is 0 Å². The lowest BCUT2D eigenvalue weighted by Crippen LogP contribution is -2.35. The maximum absolute atomic E-state index is 12.3. The second-order valence-corrected chi connectivity index (χ2v) is 6.59. The molecule has 0 aliphatic carbocycles. The Labute approximate surface area is 132 Å². The molecule has 0 spiro atoms. The Morgan fingerprint density at radius 2 is 1.91 bits per heavy atom. The number of fused-ring (bicyclic) bond motifs is 1. The van der Waals surface area contributed by atoms with Crippen molar-refractivity contribution in [3.63, 3.8) is 0 Å². The monoisotopic (exact) mass is 331 g/mol. The third kappa shape index (κ3) is 2.76. The van der Waals surface area contributed by atoms with Crippen molar-refractivity contribution in [3.8, 4) is 0 Å². The third-order valence-corrected chi connectivity index (χ3v) is 4.67. The molecular weight excluding hydrogens is 318 g/mol. The molecule has 1 aromatic heterocycles. The van der Waals surface area contributed by atoms with Gasteiger partial charge < -0.3 is 10.4 Å². The number of hydrogen-bond donors (Lipinski definition) is 3. The topological polar surface area (TPSA) is 108 Å². The van der Waals surface area contributed by atoms with Crippen molar-refractivity contribution >= 4 is 27.5 Å². The smallest absolute Gasteiger partial charge is 0.277 e. The normalized spacial score (nSPS) is 15.5. The molecule has 2 aromatic rings. The van der Waals surface area contributed by atoms with Gasteiger partial charge in [0.25, 0.3) is 15.9 Å². The van der Waals surface area contributed by atoms with E-state index in [2.05, 4.69) is 15.0 Å². The Bertz CT molecular complexity index is 935. The summed E-state index contributed by atoms with van der Waals surface area (Å²) in [5, 5.41) is 12.7. The van der Waals surface area contributed by atoms with Gasteiger partial charge in [-0.25, -0.2) is 13.4 Å².